The van der Waals surface area contributed by atoms with Crippen LogP contribution in [0.5, 0.6) is 0 Å². The fourth-order valence-corrected chi connectivity index (χ4v) is 3.66. The van der Waals surface area contributed by atoms with Crippen LogP contribution < -0.4 is 5.32 Å². The van der Waals surface area contributed by atoms with E-state index < -0.39 is 0 Å². The second kappa shape index (κ2) is 7.35. The van der Waals surface area contributed by atoms with Gasteiger partial charge in [-0.05, 0) is 46.6 Å². The minimum absolute atomic E-state index is 0.0291. The summed E-state index contributed by atoms with van der Waals surface area (Å²) in [5.41, 5.74) is 2.41. The Morgan fingerprint density at radius 3 is 2.73 bits per heavy atom. The van der Waals surface area contributed by atoms with Crippen molar-refractivity contribution in [2.75, 3.05) is 19.6 Å². The van der Waals surface area contributed by atoms with Gasteiger partial charge in [-0.1, -0.05) is 5.16 Å². The predicted molar refractivity (Wildman–Crippen MR) is 97.4 cm³/mol. The van der Waals surface area contributed by atoms with Gasteiger partial charge in [0.05, 0.1) is 11.5 Å². The molecule has 0 saturated carbocycles. The standard InChI is InChI=1S/C19H26N4O3/c1-5-20-18(24)15-7-6-8-22(11-15)19(25)16-9-12(2)23(14(16)4)17-10-13(3)26-21-17/h9-10,15H,5-8,11H2,1-4H3,(H,20,24)/t15-/m0/s1. The van der Waals surface area contributed by atoms with Crippen molar-refractivity contribution >= 4 is 11.8 Å². The Balaban J connectivity index is 1.83. The maximum absolute atomic E-state index is 13.1. The van der Waals surface area contributed by atoms with Crippen molar-refractivity contribution in [2.45, 2.75) is 40.5 Å². The van der Waals surface area contributed by atoms with Crippen molar-refractivity contribution < 1.29 is 14.1 Å². The molecular formula is C19H26N4O3. The average Bonchev–Trinajstić information content (AvgIpc) is 3.17. The molecular weight excluding hydrogens is 332 g/mol. The van der Waals surface area contributed by atoms with Crippen molar-refractivity contribution in [3.63, 3.8) is 0 Å². The van der Waals surface area contributed by atoms with Crippen LogP contribution in [0.4, 0.5) is 0 Å². The summed E-state index contributed by atoms with van der Waals surface area (Å²) in [6, 6.07) is 3.73. The Bertz CT molecular complexity index is 821. The number of nitrogens with zero attached hydrogens (tertiary/aromatic N) is 3. The molecule has 1 fully saturated rings. The van der Waals surface area contributed by atoms with Crippen molar-refractivity contribution in [1.82, 2.24) is 19.9 Å². The van der Waals surface area contributed by atoms with Gasteiger partial charge in [-0.25, -0.2) is 0 Å². The van der Waals surface area contributed by atoms with Crippen LogP contribution in [0.3, 0.4) is 0 Å². The smallest absolute Gasteiger partial charge is 0.255 e. The van der Waals surface area contributed by atoms with Crippen LogP contribution in [0, 0.1) is 26.7 Å². The second-order valence-electron chi connectivity index (χ2n) is 6.90. The van der Waals surface area contributed by atoms with Gasteiger partial charge in [-0.15, -0.1) is 0 Å². The number of hydrogen-bond donors (Lipinski definition) is 1. The molecule has 1 aliphatic rings. The average molecular weight is 358 g/mol. The van der Waals surface area contributed by atoms with Crippen LogP contribution >= 0.6 is 0 Å². The predicted octanol–water partition coefficient (Wildman–Crippen LogP) is 2.38. The Kier molecular flexibility index (Phi) is 5.15. The molecule has 0 spiro atoms. The Morgan fingerprint density at radius 1 is 1.31 bits per heavy atom. The summed E-state index contributed by atoms with van der Waals surface area (Å²) in [6.07, 6.45) is 1.67. The molecule has 2 aromatic rings. The molecule has 140 valence electrons. The highest BCUT2D eigenvalue weighted by atomic mass is 16.5. The van der Waals surface area contributed by atoms with Gasteiger partial charge >= 0.3 is 0 Å². The molecule has 3 rings (SSSR count). The molecule has 26 heavy (non-hydrogen) atoms. The summed E-state index contributed by atoms with van der Waals surface area (Å²) >= 11 is 0. The number of aryl methyl sites for hydroxylation is 2. The van der Waals surface area contributed by atoms with Gasteiger partial charge in [0.25, 0.3) is 5.91 Å². The first-order valence-electron chi connectivity index (χ1n) is 9.12. The second-order valence-corrected chi connectivity index (χ2v) is 6.90. The van der Waals surface area contributed by atoms with Crippen LogP contribution in [0.2, 0.25) is 0 Å². The molecule has 2 aromatic heterocycles. The summed E-state index contributed by atoms with van der Waals surface area (Å²) in [6.45, 7) is 9.37. The van der Waals surface area contributed by atoms with Crippen molar-refractivity contribution in [2.24, 2.45) is 5.92 Å². The number of carbonyl (C=O) groups is 2. The zero-order valence-corrected chi connectivity index (χ0v) is 15.8. The molecule has 0 unspecified atom stereocenters. The number of amides is 2. The highest BCUT2D eigenvalue weighted by Gasteiger charge is 2.30. The number of carbonyl (C=O) groups excluding carboxylic acids is 2. The first kappa shape index (κ1) is 18.2. The number of piperidine rings is 1. The van der Waals surface area contributed by atoms with Gasteiger partial charge in [0.15, 0.2) is 5.82 Å². The summed E-state index contributed by atoms with van der Waals surface area (Å²) in [5.74, 6) is 1.28. The molecule has 1 saturated heterocycles. The van der Waals surface area contributed by atoms with Gasteiger partial charge in [-0.2, -0.15) is 0 Å². The van der Waals surface area contributed by atoms with E-state index in [4.69, 9.17) is 4.52 Å². The van der Waals surface area contributed by atoms with Crippen molar-refractivity contribution in [1.29, 1.82) is 0 Å². The van der Waals surface area contributed by atoms with Crippen LogP contribution in [-0.2, 0) is 4.79 Å². The van der Waals surface area contributed by atoms with Gasteiger partial charge < -0.3 is 14.7 Å². The minimum atomic E-state index is -0.130. The largest absolute Gasteiger partial charge is 0.360 e. The van der Waals surface area contributed by atoms with Gasteiger partial charge in [0, 0.05) is 37.1 Å². The Labute approximate surface area is 153 Å². The number of likely N-dealkylation sites (tertiary alicyclic amines) is 1. The third-order valence-electron chi connectivity index (χ3n) is 4.94. The third kappa shape index (κ3) is 3.38. The minimum Gasteiger partial charge on any atom is -0.360 e. The molecule has 1 aliphatic heterocycles. The van der Waals surface area contributed by atoms with Crippen molar-refractivity contribution in [3.8, 4) is 5.82 Å². The Hall–Kier alpha value is -2.57. The summed E-state index contributed by atoms with van der Waals surface area (Å²) in [7, 11) is 0. The third-order valence-corrected chi connectivity index (χ3v) is 4.94. The van der Waals surface area contributed by atoms with E-state index in [0.29, 0.717) is 31.0 Å². The molecule has 0 radical (unpaired) electrons. The van der Waals surface area contributed by atoms with Crippen LogP contribution in [0.1, 0.15) is 47.3 Å². The lowest BCUT2D eigenvalue weighted by molar-refractivity contribution is -0.126. The lowest BCUT2D eigenvalue weighted by atomic mass is 9.96. The van der Waals surface area contributed by atoms with E-state index in [0.717, 1.165) is 30.0 Å². The zero-order chi connectivity index (χ0) is 18.8. The van der Waals surface area contributed by atoms with Gasteiger partial charge in [0.1, 0.15) is 5.76 Å². The Morgan fingerprint density at radius 2 is 2.08 bits per heavy atom. The molecule has 1 atom stereocenters. The van der Waals surface area contributed by atoms with Crippen LogP contribution in [-0.4, -0.2) is 46.1 Å². The highest BCUT2D eigenvalue weighted by Crippen LogP contribution is 2.24. The quantitative estimate of drug-likeness (QED) is 0.910. The molecule has 7 heteroatoms. The summed E-state index contributed by atoms with van der Waals surface area (Å²) < 4.78 is 7.09. The lowest BCUT2D eigenvalue weighted by Crippen LogP contribution is -2.45. The monoisotopic (exact) mass is 358 g/mol. The van der Waals surface area contributed by atoms with Crippen LogP contribution in [0.15, 0.2) is 16.7 Å². The SMILES string of the molecule is CCNC(=O)[C@H]1CCCN(C(=O)c2cc(C)n(-c3cc(C)on3)c2C)C1. The molecule has 3 heterocycles. The van der Waals surface area contributed by atoms with E-state index in [1.165, 1.54) is 0 Å². The fourth-order valence-electron chi connectivity index (χ4n) is 3.66. The normalized spacial score (nSPS) is 17.4. The van der Waals surface area contributed by atoms with E-state index in [1.807, 2.05) is 44.4 Å². The fraction of sp³-hybridized carbons (Fsp3) is 0.526. The van der Waals surface area contributed by atoms with E-state index in [1.54, 1.807) is 4.90 Å². The van der Waals surface area contributed by atoms with E-state index in [2.05, 4.69) is 10.5 Å². The number of nitrogens with one attached hydrogen (secondary N) is 1. The van der Waals surface area contributed by atoms with E-state index in [-0.39, 0.29) is 17.7 Å². The molecule has 0 aliphatic carbocycles. The maximum atomic E-state index is 13.1. The molecule has 7 nitrogen and oxygen atoms in total. The van der Waals surface area contributed by atoms with Crippen molar-refractivity contribution in [3.05, 3.63) is 34.8 Å². The summed E-state index contributed by atoms with van der Waals surface area (Å²) in [5, 5.41) is 6.92. The number of aromatic nitrogens is 2. The molecule has 0 bridgehead atoms. The number of hydrogen-bond acceptors (Lipinski definition) is 4. The van der Waals surface area contributed by atoms with E-state index >= 15 is 0 Å². The highest BCUT2D eigenvalue weighted by molar-refractivity contribution is 5.96. The first-order valence-corrected chi connectivity index (χ1v) is 9.12. The van der Waals surface area contributed by atoms with E-state index in [9.17, 15) is 9.59 Å². The first-order chi connectivity index (χ1) is 12.4. The molecule has 2 amide bonds. The lowest BCUT2D eigenvalue weighted by Gasteiger charge is -2.32. The zero-order valence-electron chi connectivity index (χ0n) is 15.8. The number of rotatable bonds is 4. The van der Waals surface area contributed by atoms with Gasteiger partial charge in [0.2, 0.25) is 5.91 Å². The molecule has 0 aromatic carbocycles. The van der Waals surface area contributed by atoms with Crippen LogP contribution in [0.25, 0.3) is 5.82 Å². The maximum Gasteiger partial charge on any atom is 0.255 e. The summed E-state index contributed by atoms with van der Waals surface area (Å²) in [4.78, 5) is 27.0. The topological polar surface area (TPSA) is 80.4 Å². The van der Waals surface area contributed by atoms with Gasteiger partial charge in [-0.3, -0.25) is 14.2 Å². The molecule has 1 N–H and O–H groups in total.